The molecule has 166 valence electrons. The van der Waals surface area contributed by atoms with Gasteiger partial charge < -0.3 is 5.32 Å². The van der Waals surface area contributed by atoms with E-state index >= 15 is 0 Å². The Kier molecular flexibility index (Phi) is 8.41. The summed E-state index contributed by atoms with van der Waals surface area (Å²) in [6.45, 7) is 7.83. The Hall–Kier alpha value is -3.16. The molecule has 3 rings (SSSR count). The molecule has 1 N–H and O–H groups in total. The van der Waals surface area contributed by atoms with Gasteiger partial charge in [0.25, 0.3) is 5.56 Å². The van der Waals surface area contributed by atoms with Crippen LogP contribution in [0.5, 0.6) is 0 Å². The van der Waals surface area contributed by atoms with Gasteiger partial charge in [0.1, 0.15) is 0 Å². The first-order valence-electron chi connectivity index (χ1n) is 11.7. The van der Waals surface area contributed by atoms with Gasteiger partial charge in [-0.3, -0.25) is 9.36 Å². The number of rotatable bonds is 10. The molecule has 0 amide bonds. The maximum atomic E-state index is 13.8. The molecule has 0 saturated carbocycles. The molecule has 0 radical (unpaired) electrons. The van der Waals surface area contributed by atoms with Gasteiger partial charge in [0.15, 0.2) is 0 Å². The van der Waals surface area contributed by atoms with Gasteiger partial charge in [-0.2, -0.15) is 5.26 Å². The van der Waals surface area contributed by atoms with Crippen molar-refractivity contribution >= 4 is 0 Å². The second-order valence-electron chi connectivity index (χ2n) is 8.25. The highest BCUT2D eigenvalue weighted by atomic mass is 16.1. The molecule has 4 heteroatoms. The monoisotopic (exact) mass is 427 g/mol. The zero-order chi connectivity index (χ0) is 22.9. The van der Waals surface area contributed by atoms with Crippen molar-refractivity contribution in [1.82, 2.24) is 9.88 Å². The van der Waals surface area contributed by atoms with Crippen molar-refractivity contribution < 1.29 is 0 Å². The lowest BCUT2D eigenvalue weighted by atomic mass is 9.97. The number of pyridine rings is 1. The molecule has 0 bridgehead atoms. The second kappa shape index (κ2) is 11.5. The van der Waals surface area contributed by atoms with Gasteiger partial charge in [0, 0.05) is 28.9 Å². The van der Waals surface area contributed by atoms with Crippen LogP contribution in [-0.4, -0.2) is 11.1 Å². The largest absolute Gasteiger partial charge is 0.312 e. The van der Waals surface area contributed by atoms with Gasteiger partial charge in [0.2, 0.25) is 0 Å². The average Bonchev–Trinajstić information content (AvgIpc) is 2.82. The third kappa shape index (κ3) is 5.18. The Balaban J connectivity index is 2.20. The van der Waals surface area contributed by atoms with E-state index in [1.54, 1.807) is 0 Å². The van der Waals surface area contributed by atoms with Crippen molar-refractivity contribution in [2.75, 3.05) is 6.54 Å². The van der Waals surface area contributed by atoms with Crippen molar-refractivity contribution in [3.63, 3.8) is 0 Å². The predicted octanol–water partition coefficient (Wildman–Crippen LogP) is 5.92. The van der Waals surface area contributed by atoms with Crippen molar-refractivity contribution in [3.8, 4) is 22.9 Å². The Morgan fingerprint density at radius 2 is 1.66 bits per heavy atom. The molecular weight excluding hydrogens is 394 g/mol. The molecule has 0 saturated heterocycles. The van der Waals surface area contributed by atoms with Crippen LogP contribution >= 0.6 is 0 Å². The molecule has 0 aliphatic rings. The second-order valence-corrected chi connectivity index (χ2v) is 8.25. The smallest absolute Gasteiger partial charge is 0.260 e. The molecule has 4 nitrogen and oxygen atoms in total. The SMILES string of the molecule is CCCCNCc1c(C)cc(CCCC)n(-c2ccccc2-c2ccccc2C#N)c1=O. The summed E-state index contributed by atoms with van der Waals surface area (Å²) in [5.41, 5.74) is 6.09. The van der Waals surface area contributed by atoms with E-state index in [9.17, 15) is 10.1 Å². The summed E-state index contributed by atoms with van der Waals surface area (Å²) in [4.78, 5) is 13.8. The quantitative estimate of drug-likeness (QED) is 0.409. The van der Waals surface area contributed by atoms with Gasteiger partial charge in [-0.05, 0) is 56.5 Å². The van der Waals surface area contributed by atoms with E-state index < -0.39 is 0 Å². The maximum absolute atomic E-state index is 13.8. The van der Waals surface area contributed by atoms with Gasteiger partial charge in [-0.15, -0.1) is 0 Å². The highest BCUT2D eigenvalue weighted by molar-refractivity contribution is 5.77. The third-order valence-electron chi connectivity index (χ3n) is 5.89. The van der Waals surface area contributed by atoms with Crippen LogP contribution in [0.2, 0.25) is 0 Å². The minimum absolute atomic E-state index is 0.0296. The van der Waals surface area contributed by atoms with E-state index in [4.69, 9.17) is 0 Å². The Labute approximate surface area is 191 Å². The van der Waals surface area contributed by atoms with E-state index in [0.29, 0.717) is 12.1 Å². The molecule has 0 aliphatic carbocycles. The topological polar surface area (TPSA) is 57.8 Å². The van der Waals surface area contributed by atoms with Crippen LogP contribution < -0.4 is 10.9 Å². The van der Waals surface area contributed by atoms with E-state index in [1.807, 2.05) is 60.0 Å². The minimum atomic E-state index is 0.0296. The standard InChI is InChI=1S/C28H33N3O/c1-4-6-13-23-18-21(3)26(20-30-17-7-5-2)28(32)31(23)27-16-11-10-15-25(27)24-14-9-8-12-22(24)19-29/h8-12,14-16,18,30H,4-7,13,17,20H2,1-3H3. The van der Waals surface area contributed by atoms with Gasteiger partial charge in [0.05, 0.1) is 17.3 Å². The number of benzene rings is 2. The third-order valence-corrected chi connectivity index (χ3v) is 5.89. The van der Waals surface area contributed by atoms with Crippen molar-refractivity contribution in [1.29, 1.82) is 5.26 Å². The van der Waals surface area contributed by atoms with E-state index in [-0.39, 0.29) is 5.56 Å². The van der Waals surface area contributed by atoms with Gasteiger partial charge in [-0.25, -0.2) is 0 Å². The first kappa shape index (κ1) is 23.5. The summed E-state index contributed by atoms with van der Waals surface area (Å²) < 4.78 is 1.88. The normalized spacial score (nSPS) is 10.8. The van der Waals surface area contributed by atoms with Crippen LogP contribution in [0.1, 0.15) is 61.9 Å². The Bertz CT molecular complexity index is 1150. The summed E-state index contributed by atoms with van der Waals surface area (Å²) in [6.07, 6.45) is 5.13. The fraction of sp³-hybridized carbons (Fsp3) is 0.357. The fourth-order valence-electron chi connectivity index (χ4n) is 4.08. The Morgan fingerprint density at radius 1 is 0.969 bits per heavy atom. The lowest BCUT2D eigenvalue weighted by Gasteiger charge is -2.20. The molecule has 0 aliphatic heterocycles. The number of hydrogen-bond acceptors (Lipinski definition) is 3. The molecule has 0 fully saturated rings. The van der Waals surface area contributed by atoms with E-state index in [2.05, 4.69) is 31.3 Å². The number of aryl methyl sites for hydroxylation is 2. The number of nitrogens with one attached hydrogen (secondary N) is 1. The molecule has 1 heterocycles. The number of hydrogen-bond donors (Lipinski definition) is 1. The first-order chi connectivity index (χ1) is 15.6. The summed E-state index contributed by atoms with van der Waals surface area (Å²) in [7, 11) is 0. The number of aromatic nitrogens is 1. The van der Waals surface area contributed by atoms with Crippen LogP contribution in [0.3, 0.4) is 0 Å². The van der Waals surface area contributed by atoms with Crippen LogP contribution in [0.25, 0.3) is 16.8 Å². The lowest BCUT2D eigenvalue weighted by molar-refractivity contribution is 0.631. The molecule has 3 aromatic rings. The Morgan fingerprint density at radius 3 is 2.38 bits per heavy atom. The summed E-state index contributed by atoms with van der Waals surface area (Å²) in [6, 6.07) is 20.0. The van der Waals surface area contributed by atoms with Gasteiger partial charge in [-0.1, -0.05) is 63.1 Å². The van der Waals surface area contributed by atoms with E-state index in [1.165, 1.54) is 0 Å². The maximum Gasteiger partial charge on any atom is 0.260 e. The minimum Gasteiger partial charge on any atom is -0.312 e. The zero-order valence-corrected chi connectivity index (χ0v) is 19.4. The van der Waals surface area contributed by atoms with Crippen molar-refractivity contribution in [3.05, 3.63) is 87.3 Å². The number of nitrogens with zero attached hydrogens (tertiary/aromatic N) is 2. The number of nitriles is 1. The highest BCUT2D eigenvalue weighted by Gasteiger charge is 2.17. The van der Waals surface area contributed by atoms with Crippen LogP contribution in [0.4, 0.5) is 0 Å². The summed E-state index contributed by atoms with van der Waals surface area (Å²) >= 11 is 0. The first-order valence-corrected chi connectivity index (χ1v) is 11.7. The molecule has 0 atom stereocenters. The van der Waals surface area contributed by atoms with Crippen LogP contribution in [-0.2, 0) is 13.0 Å². The molecule has 2 aromatic carbocycles. The molecule has 1 aromatic heterocycles. The highest BCUT2D eigenvalue weighted by Crippen LogP contribution is 2.30. The molecular formula is C28H33N3O. The fourth-order valence-corrected chi connectivity index (χ4v) is 4.08. The molecule has 0 spiro atoms. The predicted molar refractivity (Wildman–Crippen MR) is 132 cm³/mol. The summed E-state index contributed by atoms with van der Waals surface area (Å²) in [5.74, 6) is 0. The van der Waals surface area contributed by atoms with Crippen molar-refractivity contribution in [2.45, 2.75) is 59.4 Å². The van der Waals surface area contributed by atoms with Gasteiger partial charge >= 0.3 is 0 Å². The van der Waals surface area contributed by atoms with Crippen LogP contribution in [0, 0.1) is 18.3 Å². The molecule has 32 heavy (non-hydrogen) atoms. The average molecular weight is 428 g/mol. The number of para-hydroxylation sites is 1. The van der Waals surface area contributed by atoms with Crippen LogP contribution in [0.15, 0.2) is 59.4 Å². The molecule has 0 unspecified atom stereocenters. The summed E-state index contributed by atoms with van der Waals surface area (Å²) in [5, 5.41) is 13.1. The lowest BCUT2D eigenvalue weighted by Crippen LogP contribution is -2.30. The zero-order valence-electron chi connectivity index (χ0n) is 19.4. The number of unbranched alkanes of at least 4 members (excludes halogenated alkanes) is 2. The van der Waals surface area contributed by atoms with E-state index in [0.717, 1.165) is 72.3 Å². The van der Waals surface area contributed by atoms with Crippen molar-refractivity contribution in [2.24, 2.45) is 0 Å².